The number of benzene rings is 3. The van der Waals surface area contributed by atoms with Gasteiger partial charge in [-0.15, -0.1) is 0 Å². The molecule has 0 radical (unpaired) electrons. The molecule has 0 atom stereocenters. The first-order valence-corrected chi connectivity index (χ1v) is 10.3. The van der Waals surface area contributed by atoms with Crippen LogP contribution in [0.15, 0.2) is 60.7 Å². The lowest BCUT2D eigenvalue weighted by atomic mass is 10.1. The van der Waals surface area contributed by atoms with Gasteiger partial charge in [-0.25, -0.2) is 0 Å². The standard InChI is InChI=1S/C23H22Cl2N2O/c24-21-9-8-20(15-22(21)25)23(28)27-11-3-10-26(12-13-27)16-17-6-7-18-4-1-2-5-19(18)14-17/h1-2,4-9,14-15H,3,10-13,16H2. The third-order valence-corrected chi connectivity index (χ3v) is 6.00. The van der Waals surface area contributed by atoms with Crippen LogP contribution in [0.5, 0.6) is 0 Å². The first kappa shape index (κ1) is 19.3. The zero-order valence-corrected chi connectivity index (χ0v) is 17.1. The van der Waals surface area contributed by atoms with Crippen LogP contribution >= 0.6 is 23.2 Å². The summed E-state index contributed by atoms with van der Waals surface area (Å²) in [6.07, 6.45) is 0.959. The number of nitrogens with zero attached hydrogens (tertiary/aromatic N) is 2. The molecule has 5 heteroatoms. The van der Waals surface area contributed by atoms with Gasteiger partial charge in [0.25, 0.3) is 5.91 Å². The monoisotopic (exact) mass is 412 g/mol. The van der Waals surface area contributed by atoms with Crippen LogP contribution in [-0.2, 0) is 6.54 Å². The lowest BCUT2D eigenvalue weighted by molar-refractivity contribution is 0.0761. The number of hydrogen-bond acceptors (Lipinski definition) is 2. The molecular formula is C23H22Cl2N2O. The van der Waals surface area contributed by atoms with E-state index in [0.717, 1.165) is 32.6 Å². The maximum Gasteiger partial charge on any atom is 0.253 e. The van der Waals surface area contributed by atoms with Crippen molar-refractivity contribution in [2.24, 2.45) is 0 Å². The van der Waals surface area contributed by atoms with E-state index in [9.17, 15) is 4.79 Å². The largest absolute Gasteiger partial charge is 0.337 e. The molecule has 3 aromatic rings. The van der Waals surface area contributed by atoms with Gasteiger partial charge < -0.3 is 4.90 Å². The van der Waals surface area contributed by atoms with Crippen molar-refractivity contribution >= 4 is 39.9 Å². The van der Waals surface area contributed by atoms with E-state index in [4.69, 9.17) is 23.2 Å². The summed E-state index contributed by atoms with van der Waals surface area (Å²) in [4.78, 5) is 17.2. The number of carbonyl (C=O) groups is 1. The molecule has 3 nitrogen and oxygen atoms in total. The third kappa shape index (κ3) is 4.33. The van der Waals surface area contributed by atoms with Gasteiger partial charge in [-0.2, -0.15) is 0 Å². The fourth-order valence-electron chi connectivity index (χ4n) is 3.74. The highest BCUT2D eigenvalue weighted by atomic mass is 35.5. The van der Waals surface area contributed by atoms with Gasteiger partial charge in [-0.1, -0.05) is 59.6 Å². The van der Waals surface area contributed by atoms with Crippen LogP contribution in [0, 0.1) is 0 Å². The summed E-state index contributed by atoms with van der Waals surface area (Å²) in [6.45, 7) is 4.22. The highest BCUT2D eigenvalue weighted by Gasteiger charge is 2.21. The molecule has 1 aliphatic rings. The van der Waals surface area contributed by atoms with E-state index in [-0.39, 0.29) is 5.91 Å². The molecular weight excluding hydrogens is 391 g/mol. The van der Waals surface area contributed by atoms with Crippen LogP contribution in [0.2, 0.25) is 10.0 Å². The Balaban J connectivity index is 1.41. The first-order valence-electron chi connectivity index (χ1n) is 9.54. The highest BCUT2D eigenvalue weighted by molar-refractivity contribution is 6.42. The van der Waals surface area contributed by atoms with Crippen molar-refractivity contribution in [1.29, 1.82) is 0 Å². The molecule has 3 aromatic carbocycles. The molecule has 144 valence electrons. The van der Waals surface area contributed by atoms with Crippen LogP contribution in [0.1, 0.15) is 22.3 Å². The fourth-order valence-corrected chi connectivity index (χ4v) is 4.04. The average Bonchev–Trinajstić information content (AvgIpc) is 2.95. The van der Waals surface area contributed by atoms with E-state index in [1.54, 1.807) is 18.2 Å². The van der Waals surface area contributed by atoms with Gasteiger partial charge in [0.05, 0.1) is 10.0 Å². The molecule has 1 heterocycles. The quantitative estimate of drug-likeness (QED) is 0.567. The molecule has 4 rings (SSSR count). The molecule has 0 spiro atoms. The summed E-state index contributed by atoms with van der Waals surface area (Å²) in [5, 5.41) is 3.42. The van der Waals surface area contributed by atoms with E-state index in [0.29, 0.717) is 22.2 Å². The van der Waals surface area contributed by atoms with E-state index < -0.39 is 0 Å². The number of amides is 1. The van der Waals surface area contributed by atoms with Crippen molar-refractivity contribution in [2.45, 2.75) is 13.0 Å². The predicted molar refractivity (Wildman–Crippen MR) is 116 cm³/mol. The van der Waals surface area contributed by atoms with Crippen molar-refractivity contribution in [3.8, 4) is 0 Å². The fraction of sp³-hybridized carbons (Fsp3) is 0.261. The summed E-state index contributed by atoms with van der Waals surface area (Å²) in [5.41, 5.74) is 1.90. The van der Waals surface area contributed by atoms with Crippen LogP contribution in [0.4, 0.5) is 0 Å². The van der Waals surface area contributed by atoms with Gasteiger partial charge in [-0.05, 0) is 47.0 Å². The Morgan fingerprint density at radius 2 is 1.64 bits per heavy atom. The predicted octanol–water partition coefficient (Wildman–Crippen LogP) is 5.49. The zero-order chi connectivity index (χ0) is 19.5. The average molecular weight is 413 g/mol. The number of halogens is 2. The molecule has 0 aliphatic carbocycles. The van der Waals surface area contributed by atoms with Gasteiger partial charge in [-0.3, -0.25) is 9.69 Å². The van der Waals surface area contributed by atoms with Gasteiger partial charge in [0.1, 0.15) is 0 Å². The zero-order valence-electron chi connectivity index (χ0n) is 15.6. The minimum Gasteiger partial charge on any atom is -0.337 e. The van der Waals surface area contributed by atoms with Gasteiger partial charge in [0.15, 0.2) is 0 Å². The Labute approximate surface area is 175 Å². The van der Waals surface area contributed by atoms with Crippen LogP contribution in [0.25, 0.3) is 10.8 Å². The SMILES string of the molecule is O=C(c1ccc(Cl)c(Cl)c1)N1CCCN(Cc2ccc3ccccc3c2)CC1. The van der Waals surface area contributed by atoms with Crippen LogP contribution < -0.4 is 0 Å². The molecule has 0 saturated carbocycles. The summed E-state index contributed by atoms with van der Waals surface area (Å²) in [5.74, 6) is 0.0196. The lowest BCUT2D eigenvalue weighted by Gasteiger charge is -2.22. The van der Waals surface area contributed by atoms with Crippen molar-refractivity contribution < 1.29 is 4.79 Å². The van der Waals surface area contributed by atoms with Crippen LogP contribution in [0.3, 0.4) is 0 Å². The summed E-state index contributed by atoms with van der Waals surface area (Å²) in [6, 6.07) is 20.2. The molecule has 0 unspecified atom stereocenters. The van der Waals surface area contributed by atoms with Crippen molar-refractivity contribution in [3.05, 3.63) is 81.8 Å². The Morgan fingerprint density at radius 1 is 0.821 bits per heavy atom. The maximum atomic E-state index is 12.8. The Morgan fingerprint density at radius 3 is 2.46 bits per heavy atom. The van der Waals surface area contributed by atoms with Gasteiger partial charge in [0, 0.05) is 38.3 Å². The molecule has 0 bridgehead atoms. The smallest absolute Gasteiger partial charge is 0.253 e. The Bertz CT molecular complexity index is 1000. The number of carbonyl (C=O) groups excluding carboxylic acids is 1. The van der Waals surface area contributed by atoms with Crippen molar-refractivity contribution in [2.75, 3.05) is 26.2 Å². The van der Waals surface area contributed by atoms with Gasteiger partial charge >= 0.3 is 0 Å². The van der Waals surface area contributed by atoms with Crippen LogP contribution in [-0.4, -0.2) is 41.9 Å². The molecule has 0 N–H and O–H groups in total. The van der Waals surface area contributed by atoms with Crippen molar-refractivity contribution in [1.82, 2.24) is 9.80 Å². The second-order valence-electron chi connectivity index (χ2n) is 7.23. The summed E-state index contributed by atoms with van der Waals surface area (Å²) in [7, 11) is 0. The third-order valence-electron chi connectivity index (χ3n) is 5.26. The number of hydrogen-bond donors (Lipinski definition) is 0. The van der Waals surface area contributed by atoms with E-state index >= 15 is 0 Å². The number of fused-ring (bicyclic) bond motifs is 1. The minimum absolute atomic E-state index is 0.0196. The second kappa shape index (κ2) is 8.52. The molecule has 1 fully saturated rings. The molecule has 0 aromatic heterocycles. The Kier molecular flexibility index (Phi) is 5.86. The van der Waals surface area contributed by atoms with E-state index in [1.165, 1.54) is 16.3 Å². The van der Waals surface area contributed by atoms with E-state index in [2.05, 4.69) is 47.4 Å². The maximum absolute atomic E-state index is 12.8. The highest BCUT2D eigenvalue weighted by Crippen LogP contribution is 2.24. The topological polar surface area (TPSA) is 23.6 Å². The minimum atomic E-state index is 0.0196. The summed E-state index contributed by atoms with van der Waals surface area (Å²) >= 11 is 12.0. The van der Waals surface area contributed by atoms with E-state index in [1.807, 2.05) is 4.90 Å². The Hall–Kier alpha value is -2.07. The first-order chi connectivity index (χ1) is 13.6. The number of rotatable bonds is 3. The molecule has 1 amide bonds. The summed E-state index contributed by atoms with van der Waals surface area (Å²) < 4.78 is 0. The van der Waals surface area contributed by atoms with Crippen molar-refractivity contribution in [3.63, 3.8) is 0 Å². The van der Waals surface area contributed by atoms with Gasteiger partial charge in [0.2, 0.25) is 0 Å². The molecule has 28 heavy (non-hydrogen) atoms. The lowest BCUT2D eigenvalue weighted by Crippen LogP contribution is -2.35. The molecule has 1 saturated heterocycles. The molecule has 1 aliphatic heterocycles. The second-order valence-corrected chi connectivity index (χ2v) is 8.05. The normalized spacial score (nSPS) is 15.6.